The van der Waals surface area contributed by atoms with Gasteiger partial charge in [0.1, 0.15) is 10.8 Å². The number of rotatable bonds is 3. The minimum Gasteiger partial charge on any atom is -0.360 e. The van der Waals surface area contributed by atoms with Crippen LogP contribution in [-0.4, -0.2) is 16.7 Å². The van der Waals surface area contributed by atoms with E-state index in [4.69, 9.17) is 0 Å². The minimum atomic E-state index is -0.194. The Morgan fingerprint density at radius 2 is 2.19 bits per heavy atom. The van der Waals surface area contributed by atoms with Gasteiger partial charge in [0.25, 0.3) is 0 Å². The fourth-order valence-electron chi connectivity index (χ4n) is 1.34. The van der Waals surface area contributed by atoms with E-state index >= 15 is 0 Å². The number of aryl methyl sites for hydroxylation is 1. The largest absolute Gasteiger partial charge is 0.360 e. The smallest absolute Gasteiger partial charge is 0.205 e. The zero-order chi connectivity index (χ0) is 11.5. The molecule has 0 aliphatic carbocycles. The molecule has 0 atom stereocenters. The maximum Gasteiger partial charge on any atom is 0.205 e. The maximum atomic E-state index is 13.1. The second kappa shape index (κ2) is 4.57. The van der Waals surface area contributed by atoms with Crippen LogP contribution in [0.1, 0.15) is 12.5 Å². The van der Waals surface area contributed by atoms with Crippen LogP contribution in [0.15, 0.2) is 18.2 Å². The molecule has 0 radical (unpaired) electrons. The molecule has 0 unspecified atom stereocenters. The van der Waals surface area contributed by atoms with Crippen LogP contribution >= 0.6 is 11.3 Å². The first-order valence-corrected chi connectivity index (χ1v) is 5.86. The molecule has 5 heteroatoms. The first-order chi connectivity index (χ1) is 7.70. The van der Waals surface area contributed by atoms with Crippen molar-refractivity contribution in [2.24, 2.45) is 0 Å². The van der Waals surface area contributed by atoms with Gasteiger partial charge in [0, 0.05) is 12.1 Å². The van der Waals surface area contributed by atoms with Gasteiger partial charge in [-0.2, -0.15) is 0 Å². The van der Waals surface area contributed by atoms with Crippen molar-refractivity contribution >= 4 is 16.5 Å². The Bertz CT molecular complexity index is 496. The van der Waals surface area contributed by atoms with Gasteiger partial charge in [0.2, 0.25) is 5.13 Å². The highest BCUT2D eigenvalue weighted by atomic mass is 32.1. The molecule has 0 fully saturated rings. The van der Waals surface area contributed by atoms with E-state index in [2.05, 4.69) is 15.5 Å². The predicted octanol–water partition coefficient (Wildman–Crippen LogP) is 3.08. The molecule has 84 valence electrons. The lowest BCUT2D eigenvalue weighted by atomic mass is 10.1. The molecular weight excluding hydrogens is 225 g/mol. The topological polar surface area (TPSA) is 37.8 Å². The van der Waals surface area contributed by atoms with Crippen LogP contribution in [0, 0.1) is 12.7 Å². The Labute approximate surface area is 97.3 Å². The normalized spacial score (nSPS) is 10.4. The molecule has 0 bridgehead atoms. The molecule has 16 heavy (non-hydrogen) atoms. The van der Waals surface area contributed by atoms with Crippen LogP contribution in [0.2, 0.25) is 0 Å². The first-order valence-electron chi connectivity index (χ1n) is 5.04. The summed E-state index contributed by atoms with van der Waals surface area (Å²) in [6.45, 7) is 4.56. The summed E-state index contributed by atoms with van der Waals surface area (Å²) in [4.78, 5) is 0. The zero-order valence-corrected chi connectivity index (χ0v) is 9.94. The Kier molecular flexibility index (Phi) is 3.14. The van der Waals surface area contributed by atoms with E-state index < -0.39 is 0 Å². The second-order valence-corrected chi connectivity index (χ2v) is 4.38. The van der Waals surface area contributed by atoms with Crippen molar-refractivity contribution < 1.29 is 4.39 Å². The van der Waals surface area contributed by atoms with Crippen molar-refractivity contribution in [3.05, 3.63) is 29.6 Å². The van der Waals surface area contributed by atoms with Gasteiger partial charge >= 0.3 is 0 Å². The van der Waals surface area contributed by atoms with Gasteiger partial charge in [-0.25, -0.2) is 4.39 Å². The van der Waals surface area contributed by atoms with E-state index in [1.54, 1.807) is 19.1 Å². The highest BCUT2D eigenvalue weighted by molar-refractivity contribution is 7.18. The van der Waals surface area contributed by atoms with E-state index in [0.29, 0.717) is 5.56 Å². The van der Waals surface area contributed by atoms with Crippen molar-refractivity contribution in [1.82, 2.24) is 10.2 Å². The average Bonchev–Trinajstić information content (AvgIpc) is 2.71. The number of benzene rings is 1. The molecular formula is C11H12FN3S. The monoisotopic (exact) mass is 237 g/mol. The SMILES string of the molecule is CCNc1nnc(-c2ccc(F)c(C)c2)s1. The summed E-state index contributed by atoms with van der Waals surface area (Å²) < 4.78 is 13.1. The summed E-state index contributed by atoms with van der Waals surface area (Å²) >= 11 is 1.47. The molecule has 2 rings (SSSR count). The molecule has 1 aromatic heterocycles. The third-order valence-corrected chi connectivity index (χ3v) is 3.09. The lowest BCUT2D eigenvalue weighted by Crippen LogP contribution is -1.94. The third-order valence-electron chi connectivity index (χ3n) is 2.16. The third kappa shape index (κ3) is 2.19. The predicted molar refractivity (Wildman–Crippen MR) is 64.2 cm³/mol. The first kappa shape index (κ1) is 11.0. The van der Waals surface area contributed by atoms with Crippen LogP contribution in [0.5, 0.6) is 0 Å². The van der Waals surface area contributed by atoms with E-state index in [0.717, 1.165) is 22.2 Å². The summed E-state index contributed by atoms with van der Waals surface area (Å²) in [7, 11) is 0. The number of hydrogen-bond acceptors (Lipinski definition) is 4. The molecule has 3 nitrogen and oxygen atoms in total. The number of hydrogen-bond donors (Lipinski definition) is 1. The van der Waals surface area contributed by atoms with Gasteiger partial charge in [0.05, 0.1) is 0 Å². The minimum absolute atomic E-state index is 0.194. The van der Waals surface area contributed by atoms with Crippen LogP contribution in [-0.2, 0) is 0 Å². The van der Waals surface area contributed by atoms with Crippen LogP contribution in [0.25, 0.3) is 10.6 Å². The molecule has 0 aliphatic rings. The molecule has 0 aliphatic heterocycles. The van der Waals surface area contributed by atoms with Crippen LogP contribution in [0.3, 0.4) is 0 Å². The van der Waals surface area contributed by atoms with Gasteiger partial charge in [-0.05, 0) is 37.6 Å². The summed E-state index contributed by atoms with van der Waals surface area (Å²) in [5, 5.41) is 12.7. The van der Waals surface area contributed by atoms with Crippen LogP contribution in [0.4, 0.5) is 9.52 Å². The number of nitrogens with zero attached hydrogens (tertiary/aromatic N) is 2. The fourth-order valence-corrected chi connectivity index (χ4v) is 2.15. The number of nitrogens with one attached hydrogen (secondary N) is 1. The molecule has 0 amide bonds. The van der Waals surface area contributed by atoms with E-state index in [1.165, 1.54) is 17.4 Å². The number of halogens is 1. The molecule has 1 heterocycles. The van der Waals surface area contributed by atoms with Crippen molar-refractivity contribution in [3.63, 3.8) is 0 Å². The number of aromatic nitrogens is 2. The van der Waals surface area contributed by atoms with E-state index in [-0.39, 0.29) is 5.82 Å². The average molecular weight is 237 g/mol. The molecule has 0 saturated carbocycles. The molecule has 1 aromatic carbocycles. The van der Waals surface area contributed by atoms with Crippen molar-refractivity contribution in [2.75, 3.05) is 11.9 Å². The van der Waals surface area contributed by atoms with Gasteiger partial charge in [0.15, 0.2) is 0 Å². The Balaban J connectivity index is 2.31. The van der Waals surface area contributed by atoms with Crippen LogP contribution < -0.4 is 5.32 Å². The lowest BCUT2D eigenvalue weighted by molar-refractivity contribution is 0.619. The van der Waals surface area contributed by atoms with E-state index in [1.807, 2.05) is 6.92 Å². The maximum absolute atomic E-state index is 13.1. The molecule has 2 aromatic rings. The lowest BCUT2D eigenvalue weighted by Gasteiger charge is -1.98. The second-order valence-electron chi connectivity index (χ2n) is 3.41. The summed E-state index contributed by atoms with van der Waals surface area (Å²) in [6, 6.07) is 4.96. The summed E-state index contributed by atoms with van der Waals surface area (Å²) in [6.07, 6.45) is 0. The van der Waals surface area contributed by atoms with E-state index in [9.17, 15) is 4.39 Å². The van der Waals surface area contributed by atoms with Gasteiger partial charge in [-0.3, -0.25) is 0 Å². The Morgan fingerprint density at radius 1 is 1.38 bits per heavy atom. The van der Waals surface area contributed by atoms with Crippen molar-refractivity contribution in [2.45, 2.75) is 13.8 Å². The Hall–Kier alpha value is -1.49. The zero-order valence-electron chi connectivity index (χ0n) is 9.12. The van der Waals surface area contributed by atoms with Gasteiger partial charge in [-0.15, -0.1) is 10.2 Å². The van der Waals surface area contributed by atoms with Gasteiger partial charge < -0.3 is 5.32 Å². The quantitative estimate of drug-likeness (QED) is 0.891. The van der Waals surface area contributed by atoms with Crippen molar-refractivity contribution in [1.29, 1.82) is 0 Å². The molecule has 1 N–H and O–H groups in total. The molecule has 0 saturated heterocycles. The summed E-state index contributed by atoms with van der Waals surface area (Å²) in [5.41, 5.74) is 1.53. The number of anilines is 1. The highest BCUT2D eigenvalue weighted by Gasteiger charge is 2.07. The van der Waals surface area contributed by atoms with Crippen molar-refractivity contribution in [3.8, 4) is 10.6 Å². The highest BCUT2D eigenvalue weighted by Crippen LogP contribution is 2.27. The van der Waals surface area contributed by atoms with Gasteiger partial charge in [-0.1, -0.05) is 11.3 Å². The Morgan fingerprint density at radius 3 is 2.88 bits per heavy atom. The molecule has 0 spiro atoms. The standard InChI is InChI=1S/C11H12FN3S/c1-3-13-11-15-14-10(16-11)8-4-5-9(12)7(2)6-8/h4-6H,3H2,1-2H3,(H,13,15). The summed E-state index contributed by atoms with van der Waals surface area (Å²) in [5.74, 6) is -0.194. The fraction of sp³-hybridized carbons (Fsp3) is 0.273.